The molecular weight excluding hydrogens is 294 g/mol. The van der Waals surface area contributed by atoms with Gasteiger partial charge in [-0.05, 0) is 56.2 Å². The minimum Gasteiger partial charge on any atom is -0.494 e. The second-order valence-electron chi connectivity index (χ2n) is 7.30. The fourth-order valence-corrected chi connectivity index (χ4v) is 4.00. The van der Waals surface area contributed by atoms with Crippen LogP contribution in [0.15, 0.2) is 24.3 Å². The summed E-state index contributed by atoms with van der Waals surface area (Å²) in [6.45, 7) is 4.94. The summed E-state index contributed by atoms with van der Waals surface area (Å²) in [5, 5.41) is 9.85. The van der Waals surface area contributed by atoms with Crippen molar-refractivity contribution in [3.8, 4) is 11.8 Å². The highest BCUT2D eigenvalue weighted by Gasteiger charge is 2.36. The fourth-order valence-electron chi connectivity index (χ4n) is 4.00. The Bertz CT molecular complexity index is 506. The first-order valence-electron chi connectivity index (χ1n) is 9.88. The van der Waals surface area contributed by atoms with E-state index in [1.54, 1.807) is 0 Å². The van der Waals surface area contributed by atoms with Crippen LogP contribution in [-0.4, -0.2) is 6.61 Å². The SMILES string of the molecule is CCCCCCC[C@H]1CC[C@@](C#N)(c2ccc(OCC)cc2)CC1. The number of nitriles is 1. The zero-order valence-corrected chi connectivity index (χ0v) is 15.5. The molecule has 0 spiro atoms. The van der Waals surface area contributed by atoms with Crippen molar-refractivity contribution in [2.75, 3.05) is 6.61 Å². The van der Waals surface area contributed by atoms with Gasteiger partial charge in [0.2, 0.25) is 0 Å². The minimum absolute atomic E-state index is 0.274. The van der Waals surface area contributed by atoms with Crippen LogP contribution in [0.1, 0.15) is 83.6 Å². The zero-order chi connectivity index (χ0) is 17.3. The quantitative estimate of drug-likeness (QED) is 0.492. The van der Waals surface area contributed by atoms with Crippen LogP contribution in [0.4, 0.5) is 0 Å². The second-order valence-corrected chi connectivity index (χ2v) is 7.30. The molecular formula is C22H33NO. The Morgan fingerprint density at radius 2 is 1.71 bits per heavy atom. The number of ether oxygens (including phenoxy) is 1. The van der Waals surface area contributed by atoms with Gasteiger partial charge in [-0.15, -0.1) is 0 Å². The standard InChI is InChI=1S/C22H33NO/c1-3-5-6-7-8-9-19-14-16-22(18-23,17-15-19)20-10-12-21(13-11-20)24-4-2/h10-13,19H,3-9,14-17H2,1-2H3/t19-,22+. The molecule has 0 bridgehead atoms. The Hall–Kier alpha value is -1.49. The smallest absolute Gasteiger partial charge is 0.119 e. The van der Waals surface area contributed by atoms with Gasteiger partial charge in [0.1, 0.15) is 5.75 Å². The maximum atomic E-state index is 9.85. The molecule has 0 amide bonds. The summed E-state index contributed by atoms with van der Waals surface area (Å²) >= 11 is 0. The molecule has 0 atom stereocenters. The number of hydrogen-bond acceptors (Lipinski definition) is 2. The molecule has 0 N–H and O–H groups in total. The Labute approximate surface area is 148 Å². The van der Waals surface area contributed by atoms with Crippen molar-refractivity contribution >= 4 is 0 Å². The van der Waals surface area contributed by atoms with Gasteiger partial charge in [-0.2, -0.15) is 5.26 Å². The van der Waals surface area contributed by atoms with Crippen LogP contribution in [0, 0.1) is 17.2 Å². The first-order chi connectivity index (χ1) is 11.7. The summed E-state index contributed by atoms with van der Waals surface area (Å²) in [6, 6.07) is 10.9. The fraction of sp³-hybridized carbons (Fsp3) is 0.682. The molecule has 24 heavy (non-hydrogen) atoms. The van der Waals surface area contributed by atoms with E-state index in [1.807, 2.05) is 19.1 Å². The average Bonchev–Trinajstić information content (AvgIpc) is 2.63. The summed E-state index contributed by atoms with van der Waals surface area (Å²) in [4.78, 5) is 0. The molecule has 1 aliphatic carbocycles. The molecule has 0 saturated heterocycles. The number of unbranched alkanes of at least 4 members (excludes halogenated alkanes) is 4. The van der Waals surface area contributed by atoms with Gasteiger partial charge < -0.3 is 4.74 Å². The first kappa shape index (κ1) is 18.8. The van der Waals surface area contributed by atoms with Crippen molar-refractivity contribution in [1.29, 1.82) is 5.26 Å². The van der Waals surface area contributed by atoms with E-state index in [0.29, 0.717) is 6.61 Å². The molecule has 1 aromatic rings. The van der Waals surface area contributed by atoms with Crippen LogP contribution in [0.2, 0.25) is 0 Å². The number of rotatable bonds is 9. The van der Waals surface area contributed by atoms with Crippen molar-refractivity contribution in [3.05, 3.63) is 29.8 Å². The third kappa shape index (κ3) is 5.00. The van der Waals surface area contributed by atoms with Crippen molar-refractivity contribution in [2.45, 2.75) is 83.5 Å². The van der Waals surface area contributed by atoms with E-state index in [-0.39, 0.29) is 5.41 Å². The highest BCUT2D eigenvalue weighted by Crippen LogP contribution is 2.43. The summed E-state index contributed by atoms with van der Waals surface area (Å²) < 4.78 is 5.52. The molecule has 0 heterocycles. The number of hydrogen-bond donors (Lipinski definition) is 0. The molecule has 0 aliphatic heterocycles. The summed E-state index contributed by atoms with van der Waals surface area (Å²) in [5.74, 6) is 1.73. The van der Waals surface area contributed by atoms with E-state index in [9.17, 15) is 5.26 Å². The van der Waals surface area contributed by atoms with E-state index in [1.165, 1.54) is 56.9 Å². The van der Waals surface area contributed by atoms with Gasteiger partial charge in [0, 0.05) is 0 Å². The monoisotopic (exact) mass is 327 g/mol. The summed E-state index contributed by atoms with van der Waals surface area (Å²) in [7, 11) is 0. The van der Waals surface area contributed by atoms with Gasteiger partial charge in [0.25, 0.3) is 0 Å². The van der Waals surface area contributed by atoms with Gasteiger partial charge in [-0.25, -0.2) is 0 Å². The van der Waals surface area contributed by atoms with E-state index in [0.717, 1.165) is 24.5 Å². The molecule has 2 rings (SSSR count). The van der Waals surface area contributed by atoms with Gasteiger partial charge >= 0.3 is 0 Å². The minimum atomic E-state index is -0.274. The lowest BCUT2D eigenvalue weighted by Crippen LogP contribution is -2.30. The van der Waals surface area contributed by atoms with Crippen molar-refractivity contribution in [3.63, 3.8) is 0 Å². The first-order valence-corrected chi connectivity index (χ1v) is 9.88. The number of nitrogens with zero attached hydrogens (tertiary/aromatic N) is 1. The summed E-state index contributed by atoms with van der Waals surface area (Å²) in [5.41, 5.74) is 0.901. The topological polar surface area (TPSA) is 33.0 Å². The predicted molar refractivity (Wildman–Crippen MR) is 100 cm³/mol. The van der Waals surface area contributed by atoms with Crippen LogP contribution in [0.5, 0.6) is 5.75 Å². The third-order valence-electron chi connectivity index (χ3n) is 5.61. The van der Waals surface area contributed by atoms with Gasteiger partial charge in [0.05, 0.1) is 18.1 Å². The van der Waals surface area contributed by atoms with Crippen molar-refractivity contribution in [1.82, 2.24) is 0 Å². The van der Waals surface area contributed by atoms with Gasteiger partial charge in [0.15, 0.2) is 0 Å². The van der Waals surface area contributed by atoms with Gasteiger partial charge in [-0.1, -0.05) is 57.6 Å². The van der Waals surface area contributed by atoms with Crippen molar-refractivity contribution in [2.24, 2.45) is 5.92 Å². The molecule has 0 radical (unpaired) electrons. The molecule has 0 unspecified atom stereocenters. The molecule has 1 aliphatic rings. The van der Waals surface area contributed by atoms with E-state index >= 15 is 0 Å². The average molecular weight is 328 g/mol. The van der Waals surface area contributed by atoms with Crippen LogP contribution < -0.4 is 4.74 Å². The van der Waals surface area contributed by atoms with Crippen LogP contribution in [-0.2, 0) is 5.41 Å². The normalized spacial score (nSPS) is 23.6. The Kier molecular flexibility index (Phi) is 7.63. The van der Waals surface area contributed by atoms with Crippen LogP contribution in [0.25, 0.3) is 0 Å². The molecule has 1 aromatic carbocycles. The third-order valence-corrected chi connectivity index (χ3v) is 5.61. The van der Waals surface area contributed by atoms with E-state index < -0.39 is 0 Å². The second kappa shape index (κ2) is 9.72. The summed E-state index contributed by atoms with van der Waals surface area (Å²) in [6.07, 6.45) is 12.6. The molecule has 1 fully saturated rings. The molecule has 0 aromatic heterocycles. The molecule has 2 nitrogen and oxygen atoms in total. The van der Waals surface area contributed by atoms with Crippen LogP contribution >= 0.6 is 0 Å². The Morgan fingerprint density at radius 3 is 2.29 bits per heavy atom. The lowest BCUT2D eigenvalue weighted by atomic mass is 9.67. The Balaban J connectivity index is 1.86. The van der Waals surface area contributed by atoms with Crippen molar-refractivity contribution < 1.29 is 4.74 Å². The molecule has 132 valence electrons. The predicted octanol–water partition coefficient (Wildman–Crippen LogP) is 6.40. The van der Waals surface area contributed by atoms with E-state index in [4.69, 9.17) is 4.74 Å². The highest BCUT2D eigenvalue weighted by molar-refractivity contribution is 5.37. The van der Waals surface area contributed by atoms with E-state index in [2.05, 4.69) is 25.1 Å². The number of benzene rings is 1. The Morgan fingerprint density at radius 1 is 1.04 bits per heavy atom. The van der Waals surface area contributed by atoms with Crippen LogP contribution in [0.3, 0.4) is 0 Å². The molecule has 2 heteroatoms. The maximum absolute atomic E-state index is 9.85. The molecule has 1 saturated carbocycles. The maximum Gasteiger partial charge on any atom is 0.119 e. The lowest BCUT2D eigenvalue weighted by Gasteiger charge is -2.35. The highest BCUT2D eigenvalue weighted by atomic mass is 16.5. The van der Waals surface area contributed by atoms with Gasteiger partial charge in [-0.3, -0.25) is 0 Å². The lowest BCUT2D eigenvalue weighted by molar-refractivity contribution is 0.261. The largest absolute Gasteiger partial charge is 0.494 e. The zero-order valence-electron chi connectivity index (χ0n) is 15.5.